The summed E-state index contributed by atoms with van der Waals surface area (Å²) in [6, 6.07) is 2.40. The first kappa shape index (κ1) is 9.14. The SMILES string of the molecule is C#CC1C(C)(C)C1(C#N)C(C)C. The Kier molecular flexibility index (Phi) is 1.73. The lowest BCUT2D eigenvalue weighted by molar-refractivity contribution is 0.360. The van der Waals surface area contributed by atoms with E-state index < -0.39 is 0 Å². The first-order valence-corrected chi connectivity index (χ1v) is 4.32. The third kappa shape index (κ3) is 0.695. The van der Waals surface area contributed by atoms with E-state index in [1.54, 1.807) is 0 Å². The first-order chi connectivity index (χ1) is 5.45. The second kappa shape index (κ2) is 2.27. The molecular formula is C11H15N. The Balaban J connectivity index is 3.06. The van der Waals surface area contributed by atoms with Crippen LogP contribution < -0.4 is 0 Å². The minimum absolute atomic E-state index is 0.00463. The highest BCUT2D eigenvalue weighted by molar-refractivity contribution is 5.35. The Labute approximate surface area is 74.8 Å². The highest BCUT2D eigenvalue weighted by atomic mass is 14.7. The van der Waals surface area contributed by atoms with E-state index >= 15 is 0 Å². The van der Waals surface area contributed by atoms with Crippen molar-refractivity contribution in [2.24, 2.45) is 22.7 Å². The van der Waals surface area contributed by atoms with Gasteiger partial charge in [-0.25, -0.2) is 0 Å². The monoisotopic (exact) mass is 161 g/mol. The average Bonchev–Trinajstić information content (AvgIpc) is 2.47. The van der Waals surface area contributed by atoms with E-state index in [1.807, 2.05) is 0 Å². The van der Waals surface area contributed by atoms with Gasteiger partial charge in [0.2, 0.25) is 0 Å². The Bertz CT molecular complexity index is 274. The lowest BCUT2D eigenvalue weighted by atomic mass is 9.86. The minimum Gasteiger partial charge on any atom is -0.198 e. The van der Waals surface area contributed by atoms with Crippen LogP contribution in [0.5, 0.6) is 0 Å². The molecule has 12 heavy (non-hydrogen) atoms. The number of rotatable bonds is 1. The van der Waals surface area contributed by atoms with E-state index in [4.69, 9.17) is 11.7 Å². The second-order valence-corrected chi connectivity index (χ2v) is 4.46. The molecular weight excluding hydrogens is 146 g/mol. The van der Waals surface area contributed by atoms with Crippen molar-refractivity contribution < 1.29 is 0 Å². The van der Waals surface area contributed by atoms with Crippen LogP contribution in [0.2, 0.25) is 0 Å². The molecule has 0 radical (unpaired) electrons. The minimum atomic E-state index is -0.276. The van der Waals surface area contributed by atoms with Gasteiger partial charge in [0.25, 0.3) is 0 Å². The molecule has 1 heteroatoms. The van der Waals surface area contributed by atoms with Crippen LogP contribution >= 0.6 is 0 Å². The molecule has 0 amide bonds. The predicted octanol–water partition coefficient (Wildman–Crippen LogP) is 2.44. The summed E-state index contributed by atoms with van der Waals surface area (Å²) in [5, 5.41) is 9.12. The van der Waals surface area contributed by atoms with Gasteiger partial charge in [-0.1, -0.05) is 27.7 Å². The van der Waals surface area contributed by atoms with Crippen LogP contribution in [-0.2, 0) is 0 Å². The number of hydrogen-bond acceptors (Lipinski definition) is 1. The van der Waals surface area contributed by atoms with E-state index in [0.717, 1.165) is 0 Å². The molecule has 2 atom stereocenters. The van der Waals surface area contributed by atoms with Crippen LogP contribution in [0.3, 0.4) is 0 Å². The molecule has 1 aliphatic rings. The molecule has 0 aromatic rings. The van der Waals surface area contributed by atoms with Crippen LogP contribution in [-0.4, -0.2) is 0 Å². The molecule has 1 aliphatic carbocycles. The fourth-order valence-corrected chi connectivity index (χ4v) is 2.55. The summed E-state index contributed by atoms with van der Waals surface area (Å²) in [6.07, 6.45) is 5.40. The summed E-state index contributed by atoms with van der Waals surface area (Å²) in [5.74, 6) is 3.21. The summed E-state index contributed by atoms with van der Waals surface area (Å²) in [7, 11) is 0. The smallest absolute Gasteiger partial charge is 0.0802 e. The molecule has 64 valence electrons. The largest absolute Gasteiger partial charge is 0.198 e. The summed E-state index contributed by atoms with van der Waals surface area (Å²) >= 11 is 0. The van der Waals surface area contributed by atoms with Gasteiger partial charge in [0.05, 0.1) is 11.5 Å². The van der Waals surface area contributed by atoms with Crippen molar-refractivity contribution in [3.63, 3.8) is 0 Å². The normalized spacial score (nSPS) is 37.1. The van der Waals surface area contributed by atoms with E-state index in [-0.39, 0.29) is 16.7 Å². The van der Waals surface area contributed by atoms with Crippen molar-refractivity contribution in [3.8, 4) is 18.4 Å². The number of hydrogen-bond donors (Lipinski definition) is 0. The summed E-state index contributed by atoms with van der Waals surface area (Å²) in [5.41, 5.74) is -0.271. The Morgan fingerprint density at radius 1 is 1.42 bits per heavy atom. The van der Waals surface area contributed by atoms with E-state index in [9.17, 15) is 0 Å². The fraction of sp³-hybridized carbons (Fsp3) is 0.727. The van der Waals surface area contributed by atoms with Gasteiger partial charge in [-0.15, -0.1) is 12.3 Å². The van der Waals surface area contributed by atoms with Crippen molar-refractivity contribution in [3.05, 3.63) is 0 Å². The Hall–Kier alpha value is -0.950. The maximum atomic E-state index is 9.12. The van der Waals surface area contributed by atoms with Gasteiger partial charge in [-0.05, 0) is 5.92 Å². The van der Waals surface area contributed by atoms with Crippen molar-refractivity contribution in [2.75, 3.05) is 0 Å². The van der Waals surface area contributed by atoms with Gasteiger partial charge in [0, 0.05) is 11.3 Å². The number of terminal acetylenes is 1. The second-order valence-electron chi connectivity index (χ2n) is 4.46. The topological polar surface area (TPSA) is 23.8 Å². The first-order valence-electron chi connectivity index (χ1n) is 4.32. The number of nitrogens with zero attached hydrogens (tertiary/aromatic N) is 1. The molecule has 2 unspecified atom stereocenters. The third-order valence-electron chi connectivity index (χ3n) is 3.42. The van der Waals surface area contributed by atoms with Crippen LogP contribution in [0.4, 0.5) is 0 Å². The van der Waals surface area contributed by atoms with Gasteiger partial charge in [0.15, 0.2) is 0 Å². The molecule has 0 saturated heterocycles. The summed E-state index contributed by atoms with van der Waals surface area (Å²) in [6.45, 7) is 8.31. The molecule has 1 rings (SSSR count). The van der Waals surface area contributed by atoms with Gasteiger partial charge in [0.1, 0.15) is 0 Å². The van der Waals surface area contributed by atoms with E-state index in [2.05, 4.69) is 39.7 Å². The molecule has 1 saturated carbocycles. The molecule has 0 aromatic carbocycles. The maximum Gasteiger partial charge on any atom is 0.0802 e. The summed E-state index contributed by atoms with van der Waals surface area (Å²) in [4.78, 5) is 0. The van der Waals surface area contributed by atoms with Crippen LogP contribution in [0.15, 0.2) is 0 Å². The predicted molar refractivity (Wildman–Crippen MR) is 49.0 cm³/mol. The molecule has 0 aromatic heterocycles. The van der Waals surface area contributed by atoms with E-state index in [1.165, 1.54) is 0 Å². The van der Waals surface area contributed by atoms with Gasteiger partial charge in [-0.2, -0.15) is 5.26 Å². The Morgan fingerprint density at radius 3 is 2.00 bits per heavy atom. The highest BCUT2D eigenvalue weighted by Gasteiger charge is 2.72. The standard InChI is InChI=1S/C11H15N/c1-6-9-10(4,5)11(9,7-12)8(2)3/h1,8-9H,2-5H3. The number of nitriles is 1. The van der Waals surface area contributed by atoms with Crippen molar-refractivity contribution in [1.82, 2.24) is 0 Å². The maximum absolute atomic E-state index is 9.12. The lowest BCUT2D eigenvalue weighted by Gasteiger charge is -2.14. The highest BCUT2D eigenvalue weighted by Crippen LogP contribution is 2.71. The average molecular weight is 161 g/mol. The fourth-order valence-electron chi connectivity index (χ4n) is 2.55. The zero-order valence-corrected chi connectivity index (χ0v) is 8.18. The zero-order chi connectivity index (χ0) is 9.57. The quantitative estimate of drug-likeness (QED) is 0.542. The molecule has 0 N–H and O–H groups in total. The van der Waals surface area contributed by atoms with Crippen molar-refractivity contribution >= 4 is 0 Å². The summed E-state index contributed by atoms with van der Waals surface area (Å²) < 4.78 is 0. The molecule has 0 spiro atoms. The van der Waals surface area contributed by atoms with Crippen LogP contribution in [0.1, 0.15) is 27.7 Å². The molecule has 1 nitrogen and oxygen atoms in total. The molecule has 0 aliphatic heterocycles. The van der Waals surface area contributed by atoms with Crippen LogP contribution in [0, 0.1) is 46.3 Å². The van der Waals surface area contributed by atoms with Gasteiger partial charge >= 0.3 is 0 Å². The zero-order valence-electron chi connectivity index (χ0n) is 8.18. The molecule has 1 fully saturated rings. The Morgan fingerprint density at radius 2 is 1.92 bits per heavy atom. The molecule has 0 heterocycles. The lowest BCUT2D eigenvalue weighted by Crippen LogP contribution is -2.14. The van der Waals surface area contributed by atoms with E-state index in [0.29, 0.717) is 5.92 Å². The van der Waals surface area contributed by atoms with Crippen molar-refractivity contribution in [1.29, 1.82) is 5.26 Å². The van der Waals surface area contributed by atoms with Crippen LogP contribution in [0.25, 0.3) is 0 Å². The van der Waals surface area contributed by atoms with Crippen molar-refractivity contribution in [2.45, 2.75) is 27.7 Å². The van der Waals surface area contributed by atoms with Gasteiger partial charge < -0.3 is 0 Å². The third-order valence-corrected chi connectivity index (χ3v) is 3.42. The van der Waals surface area contributed by atoms with Gasteiger partial charge in [-0.3, -0.25) is 0 Å². The molecule has 0 bridgehead atoms.